The quantitative estimate of drug-likeness (QED) is 0.0473. The van der Waals surface area contributed by atoms with Crippen molar-refractivity contribution >= 4 is 59.2 Å². The summed E-state index contributed by atoms with van der Waals surface area (Å²) in [7, 11) is 0. The molecule has 23 heteroatoms. The Kier molecular flexibility index (Phi) is 21.3. The molecular weight excluding hydrogens is 903 g/mol. The zero-order valence-corrected chi connectivity index (χ0v) is 38.0. The van der Waals surface area contributed by atoms with Gasteiger partial charge in [0.2, 0.25) is 29.5 Å². The van der Waals surface area contributed by atoms with Gasteiger partial charge >= 0.3 is 17.9 Å². The Morgan fingerprint density at radius 2 is 1.48 bits per heavy atom. The number of carboxylic acid groups (broad SMARTS) is 3. The van der Waals surface area contributed by atoms with Crippen LogP contribution >= 0.6 is 11.8 Å². The summed E-state index contributed by atoms with van der Waals surface area (Å²) in [6, 6.07) is 9.31. The van der Waals surface area contributed by atoms with Crippen LogP contribution in [0.2, 0.25) is 0 Å². The molecule has 3 rings (SSSR count). The third-order valence-electron chi connectivity index (χ3n) is 10.2. The fraction of sp³-hybridized carbons (Fsp3) is 0.455. The van der Waals surface area contributed by atoms with Crippen molar-refractivity contribution in [3.63, 3.8) is 0 Å². The first-order chi connectivity index (χ1) is 31.5. The monoisotopic (exact) mass is 960 g/mol. The number of carboxylic acids is 3. The molecule has 0 bridgehead atoms. The average molecular weight is 961 g/mol. The summed E-state index contributed by atoms with van der Waals surface area (Å²) in [6.45, 7) is 3.76. The summed E-state index contributed by atoms with van der Waals surface area (Å²) in [4.78, 5) is 99.8. The topological polar surface area (TPSA) is 326 Å². The highest BCUT2D eigenvalue weighted by Gasteiger charge is 2.37. The zero-order valence-electron chi connectivity index (χ0n) is 37.2. The Labute approximate surface area is 389 Å². The molecule has 0 aliphatic heterocycles. The van der Waals surface area contributed by atoms with Crippen LogP contribution in [-0.4, -0.2) is 139 Å². The zero-order chi connectivity index (χ0) is 50.0. The standard InChI is InChI=1S/C44H58F2N8O12S/c1-44(2,3)39(33-17-26(28-18-27(45)9-10-29(28)46)22-53(33)21-25-7-5-4-6-8-25)54(37(58)23-55)16-13-30(47)40(61)49-14-15-50-41(62)32(11-12-38(59)60)52-36(57)20-51-35(56)19-34(43(65)66)67-24-31(48)42(63)64/h4-10,17-18,22,30-32,34,39,55H,11-16,19-21,23-24,47-48H2,1-3H3,(H,49,61)(H,50,62)(H,51,56)(H,52,57)(H,59,60)(H,63,64)(H,65,66)/t30-,31-,32+,34?,39-/m0/s1. The van der Waals surface area contributed by atoms with Gasteiger partial charge in [0.1, 0.15) is 35.6 Å². The molecule has 1 heterocycles. The SMILES string of the molecule is CC(C)(C)[C@H](c1cc(-c2cc(F)ccc2F)cn1Cc1ccccc1)N(CC[C@H](N)C(=O)NCCNC(=O)[C@@H](CCC(=O)O)NC(=O)CNC(=O)CC(SC[C@H](N)C(=O)O)C(=O)O)C(=O)CO. The average Bonchev–Trinajstić information content (AvgIpc) is 3.67. The highest BCUT2D eigenvalue weighted by Crippen LogP contribution is 2.41. The maximum Gasteiger partial charge on any atom is 0.321 e. The molecule has 0 spiro atoms. The molecule has 0 saturated carbocycles. The van der Waals surface area contributed by atoms with Crippen molar-refractivity contribution in [2.75, 3.05) is 38.5 Å². The van der Waals surface area contributed by atoms with E-state index in [0.29, 0.717) is 23.0 Å². The van der Waals surface area contributed by atoms with E-state index in [9.17, 15) is 58.1 Å². The molecule has 366 valence electrons. The number of rotatable bonds is 27. The van der Waals surface area contributed by atoms with Crippen LogP contribution in [0.4, 0.5) is 8.78 Å². The second kappa shape index (κ2) is 26.0. The number of thioether (sulfide) groups is 1. The first-order valence-electron chi connectivity index (χ1n) is 21.0. The van der Waals surface area contributed by atoms with E-state index in [0.717, 1.165) is 23.8 Å². The van der Waals surface area contributed by atoms with Crippen LogP contribution in [-0.2, 0) is 44.9 Å². The number of nitrogens with one attached hydrogen (secondary N) is 4. The number of hydrogen-bond donors (Lipinski definition) is 10. The minimum absolute atomic E-state index is 0.00182. The van der Waals surface area contributed by atoms with Gasteiger partial charge in [0.15, 0.2) is 0 Å². The molecule has 20 nitrogen and oxygen atoms in total. The van der Waals surface area contributed by atoms with E-state index in [1.807, 2.05) is 55.7 Å². The fourth-order valence-corrected chi connectivity index (χ4v) is 7.84. The third-order valence-corrected chi connectivity index (χ3v) is 11.5. The Hall–Kier alpha value is -6.43. The molecule has 1 unspecified atom stereocenters. The molecule has 0 aliphatic rings. The number of carbonyl (C=O) groups excluding carboxylic acids is 5. The van der Waals surface area contributed by atoms with E-state index in [-0.39, 0.29) is 50.3 Å². The number of amides is 5. The number of carbonyl (C=O) groups is 8. The number of aromatic nitrogens is 1. The Bertz CT molecular complexity index is 2230. The number of nitrogens with zero attached hydrogens (tertiary/aromatic N) is 2. The predicted octanol–water partition coefficient (Wildman–Crippen LogP) is 0.794. The van der Waals surface area contributed by atoms with Gasteiger partial charge in [0.25, 0.3) is 0 Å². The van der Waals surface area contributed by atoms with E-state index in [1.54, 1.807) is 12.3 Å². The summed E-state index contributed by atoms with van der Waals surface area (Å²) in [5.41, 5.74) is 12.7. The number of aliphatic carboxylic acids is 3. The van der Waals surface area contributed by atoms with Gasteiger partial charge in [-0.1, -0.05) is 51.1 Å². The van der Waals surface area contributed by atoms with Crippen LogP contribution in [0.15, 0.2) is 60.8 Å². The number of benzene rings is 2. The molecule has 0 aliphatic carbocycles. The molecule has 0 saturated heterocycles. The van der Waals surface area contributed by atoms with Crippen molar-refractivity contribution < 1.29 is 67.6 Å². The number of aliphatic hydroxyl groups excluding tert-OH is 1. The number of hydrogen-bond acceptors (Lipinski definition) is 12. The molecule has 0 fully saturated rings. The van der Waals surface area contributed by atoms with Crippen molar-refractivity contribution in [2.45, 2.75) is 82.4 Å². The second-order valence-corrected chi connectivity index (χ2v) is 17.8. The van der Waals surface area contributed by atoms with E-state index in [2.05, 4.69) is 21.3 Å². The van der Waals surface area contributed by atoms with Crippen LogP contribution in [0.5, 0.6) is 0 Å². The second-order valence-electron chi connectivity index (χ2n) is 16.5. The van der Waals surface area contributed by atoms with Gasteiger partial charge in [0, 0.05) is 67.8 Å². The van der Waals surface area contributed by atoms with E-state index >= 15 is 4.39 Å². The highest BCUT2D eigenvalue weighted by molar-refractivity contribution is 8.00. The molecular formula is C44H58F2N8O12S. The summed E-state index contributed by atoms with van der Waals surface area (Å²) in [5, 5.41) is 45.8. The van der Waals surface area contributed by atoms with E-state index in [1.165, 1.54) is 4.90 Å². The molecule has 12 N–H and O–H groups in total. The minimum Gasteiger partial charge on any atom is -0.481 e. The maximum atomic E-state index is 15.1. The van der Waals surface area contributed by atoms with Gasteiger partial charge < -0.3 is 62.6 Å². The van der Waals surface area contributed by atoms with Crippen LogP contribution in [0, 0.1) is 17.0 Å². The minimum atomic E-state index is -1.42. The molecule has 3 aromatic rings. The molecule has 0 radical (unpaired) electrons. The Morgan fingerprint density at radius 1 is 0.821 bits per heavy atom. The fourth-order valence-electron chi connectivity index (χ4n) is 6.85. The molecule has 2 aromatic carbocycles. The van der Waals surface area contributed by atoms with Crippen molar-refractivity contribution in [3.8, 4) is 11.1 Å². The lowest BCUT2D eigenvalue weighted by Gasteiger charge is -2.41. The Morgan fingerprint density at radius 3 is 2.07 bits per heavy atom. The lowest BCUT2D eigenvalue weighted by molar-refractivity contribution is -0.140. The van der Waals surface area contributed by atoms with Crippen LogP contribution < -0.4 is 32.7 Å². The predicted molar refractivity (Wildman–Crippen MR) is 241 cm³/mol. The number of halogens is 2. The summed E-state index contributed by atoms with van der Waals surface area (Å²) in [5.74, 6) is -9.66. The lowest BCUT2D eigenvalue weighted by atomic mass is 9.82. The summed E-state index contributed by atoms with van der Waals surface area (Å²) < 4.78 is 31.3. The first-order valence-corrected chi connectivity index (χ1v) is 22.1. The smallest absolute Gasteiger partial charge is 0.321 e. The normalized spacial score (nSPS) is 13.6. The van der Waals surface area contributed by atoms with Crippen molar-refractivity contribution in [2.24, 2.45) is 16.9 Å². The van der Waals surface area contributed by atoms with Crippen molar-refractivity contribution in [1.82, 2.24) is 30.7 Å². The molecule has 5 atom stereocenters. The molecule has 67 heavy (non-hydrogen) atoms. The lowest BCUT2D eigenvalue weighted by Crippen LogP contribution is -2.51. The van der Waals surface area contributed by atoms with Gasteiger partial charge in [-0.05, 0) is 48.1 Å². The van der Waals surface area contributed by atoms with Crippen LogP contribution in [0.3, 0.4) is 0 Å². The largest absolute Gasteiger partial charge is 0.481 e. The molecule has 5 amide bonds. The summed E-state index contributed by atoms with van der Waals surface area (Å²) >= 11 is 0.623. The van der Waals surface area contributed by atoms with Gasteiger partial charge in [-0.15, -0.1) is 11.8 Å². The number of aliphatic hydroxyl groups is 1. The first kappa shape index (κ1) is 54.9. The summed E-state index contributed by atoms with van der Waals surface area (Å²) in [6.07, 6.45) is 0.0226. The van der Waals surface area contributed by atoms with Gasteiger partial charge in [-0.3, -0.25) is 38.4 Å². The Balaban J connectivity index is 1.65. The van der Waals surface area contributed by atoms with Gasteiger partial charge in [-0.25, -0.2) is 8.78 Å². The van der Waals surface area contributed by atoms with Crippen LogP contribution in [0.1, 0.15) is 63.8 Å². The van der Waals surface area contributed by atoms with Gasteiger partial charge in [0.05, 0.1) is 18.6 Å². The van der Waals surface area contributed by atoms with Crippen LogP contribution in [0.25, 0.3) is 11.1 Å². The van der Waals surface area contributed by atoms with E-state index in [4.69, 9.17) is 16.6 Å². The highest BCUT2D eigenvalue weighted by atomic mass is 32.2. The maximum absolute atomic E-state index is 15.1. The number of nitrogens with two attached hydrogens (primary N) is 2. The third kappa shape index (κ3) is 17.7. The van der Waals surface area contributed by atoms with E-state index < -0.39 is 120 Å². The van der Waals surface area contributed by atoms with Crippen molar-refractivity contribution in [3.05, 3.63) is 83.7 Å². The van der Waals surface area contributed by atoms with Crippen molar-refractivity contribution in [1.29, 1.82) is 0 Å². The molecule has 1 aromatic heterocycles. The van der Waals surface area contributed by atoms with Gasteiger partial charge in [-0.2, -0.15) is 0 Å².